The summed E-state index contributed by atoms with van der Waals surface area (Å²) in [6, 6.07) is 15.1. The van der Waals surface area contributed by atoms with Crippen LogP contribution >= 0.6 is 11.8 Å². The number of carbonyl (C=O) groups is 1. The van der Waals surface area contributed by atoms with Crippen LogP contribution in [0.15, 0.2) is 63.5 Å². The highest BCUT2D eigenvalue weighted by molar-refractivity contribution is 7.99. The molecule has 0 aliphatic carbocycles. The second-order valence-electron chi connectivity index (χ2n) is 7.07. The summed E-state index contributed by atoms with van der Waals surface area (Å²) in [7, 11) is 3.68. The zero-order valence-electron chi connectivity index (χ0n) is 17.2. The predicted molar refractivity (Wildman–Crippen MR) is 117 cm³/mol. The molecule has 0 atom stereocenters. The number of anilines is 2. The molecule has 160 valence electrons. The summed E-state index contributed by atoms with van der Waals surface area (Å²) in [4.78, 5) is 16.6. The number of hydrogen-bond donors (Lipinski definition) is 0. The third kappa shape index (κ3) is 3.33. The van der Waals surface area contributed by atoms with Crippen LogP contribution < -0.4 is 19.3 Å². The fraction of sp³-hybridized carbons (Fsp3) is 0.182. The fourth-order valence-electron chi connectivity index (χ4n) is 3.67. The molecule has 0 N–H and O–H groups in total. The molecule has 0 unspecified atom stereocenters. The molecular weight excluding hydrogens is 430 g/mol. The standard InChI is InChI=1S/C22H17N5O4S/c1-26-15-5-3-4-6-16(15)27(2)21(26)14(10-23)17(28)11-32-22-25-24-20(31-22)13-7-8-18-19(9-13)30-12-29-18/h3-9H,11-12H2,1-2H3. The molecule has 0 bridgehead atoms. The number of nitrogens with zero attached hydrogens (tertiary/aromatic N) is 5. The zero-order chi connectivity index (χ0) is 22.2. The molecule has 3 aromatic rings. The Morgan fingerprint density at radius 2 is 1.81 bits per heavy atom. The molecule has 0 fully saturated rings. The molecule has 2 aliphatic rings. The molecule has 2 aromatic carbocycles. The van der Waals surface area contributed by atoms with Gasteiger partial charge in [-0.05, 0) is 30.3 Å². The molecule has 0 radical (unpaired) electrons. The van der Waals surface area contributed by atoms with Crippen LogP contribution in [0.25, 0.3) is 11.5 Å². The number of rotatable bonds is 5. The number of nitriles is 1. The highest BCUT2D eigenvalue weighted by Crippen LogP contribution is 2.40. The van der Waals surface area contributed by atoms with Crippen molar-refractivity contribution in [2.45, 2.75) is 5.22 Å². The van der Waals surface area contributed by atoms with E-state index in [1.807, 2.05) is 48.2 Å². The number of para-hydroxylation sites is 2. The Morgan fingerprint density at radius 1 is 1.09 bits per heavy atom. The van der Waals surface area contributed by atoms with Crippen molar-refractivity contribution in [2.75, 3.05) is 36.4 Å². The number of fused-ring (bicyclic) bond motifs is 2. The lowest BCUT2D eigenvalue weighted by Crippen LogP contribution is -2.26. The molecule has 0 amide bonds. The molecule has 10 heteroatoms. The third-order valence-corrected chi connectivity index (χ3v) is 6.03. The van der Waals surface area contributed by atoms with E-state index < -0.39 is 0 Å². The van der Waals surface area contributed by atoms with Crippen LogP contribution in [-0.4, -0.2) is 42.6 Å². The summed E-state index contributed by atoms with van der Waals surface area (Å²) < 4.78 is 16.4. The van der Waals surface area contributed by atoms with Gasteiger partial charge in [-0.15, -0.1) is 10.2 Å². The Balaban J connectivity index is 1.32. The SMILES string of the molecule is CN1C(=C(C#N)C(=O)CSc2nnc(-c3ccc4c(c3)OCO4)o2)N(C)c2ccccc21. The highest BCUT2D eigenvalue weighted by atomic mass is 32.2. The molecular formula is C22H17N5O4S. The van der Waals surface area contributed by atoms with E-state index in [0.29, 0.717) is 28.8 Å². The van der Waals surface area contributed by atoms with Gasteiger partial charge in [-0.25, -0.2) is 0 Å². The lowest BCUT2D eigenvalue weighted by atomic mass is 10.2. The van der Waals surface area contributed by atoms with Crippen LogP contribution in [0.2, 0.25) is 0 Å². The Hall–Kier alpha value is -3.97. The van der Waals surface area contributed by atoms with Crippen LogP contribution in [-0.2, 0) is 4.79 Å². The van der Waals surface area contributed by atoms with E-state index in [4.69, 9.17) is 13.9 Å². The minimum Gasteiger partial charge on any atom is -0.454 e. The number of thioether (sulfide) groups is 1. The molecule has 32 heavy (non-hydrogen) atoms. The van der Waals surface area contributed by atoms with Crippen molar-refractivity contribution in [2.24, 2.45) is 0 Å². The first kappa shape index (κ1) is 20.0. The first-order valence-corrected chi connectivity index (χ1v) is 10.7. The van der Waals surface area contributed by atoms with Crippen LogP contribution in [0.5, 0.6) is 11.5 Å². The Labute approximate surface area is 187 Å². The average molecular weight is 447 g/mol. The van der Waals surface area contributed by atoms with Crippen molar-refractivity contribution in [3.05, 3.63) is 53.9 Å². The van der Waals surface area contributed by atoms with Gasteiger partial charge in [0.2, 0.25) is 12.7 Å². The van der Waals surface area contributed by atoms with Gasteiger partial charge in [0.25, 0.3) is 5.22 Å². The lowest BCUT2D eigenvalue weighted by molar-refractivity contribution is -0.112. The molecule has 0 saturated heterocycles. The van der Waals surface area contributed by atoms with Crippen molar-refractivity contribution < 1.29 is 18.7 Å². The minimum atomic E-state index is -0.318. The quantitative estimate of drug-likeness (QED) is 0.328. The second-order valence-corrected chi connectivity index (χ2v) is 8.00. The summed E-state index contributed by atoms with van der Waals surface area (Å²) in [5, 5.41) is 18.0. The molecule has 0 spiro atoms. The van der Waals surface area contributed by atoms with Gasteiger partial charge in [0.15, 0.2) is 17.3 Å². The molecule has 2 aliphatic heterocycles. The number of allylic oxidation sites excluding steroid dienone is 1. The van der Waals surface area contributed by atoms with E-state index >= 15 is 0 Å². The van der Waals surface area contributed by atoms with Gasteiger partial charge in [-0.3, -0.25) is 4.79 Å². The monoisotopic (exact) mass is 447 g/mol. The van der Waals surface area contributed by atoms with Crippen molar-refractivity contribution in [3.63, 3.8) is 0 Å². The van der Waals surface area contributed by atoms with E-state index in [1.54, 1.807) is 18.2 Å². The Morgan fingerprint density at radius 3 is 2.53 bits per heavy atom. The van der Waals surface area contributed by atoms with Gasteiger partial charge >= 0.3 is 0 Å². The summed E-state index contributed by atoms with van der Waals surface area (Å²) in [6.07, 6.45) is 0. The van der Waals surface area contributed by atoms with Crippen molar-refractivity contribution in [1.82, 2.24) is 10.2 Å². The Kier molecular flexibility index (Phi) is 4.95. The van der Waals surface area contributed by atoms with Crippen molar-refractivity contribution in [3.8, 4) is 29.0 Å². The van der Waals surface area contributed by atoms with Crippen molar-refractivity contribution in [1.29, 1.82) is 5.26 Å². The lowest BCUT2D eigenvalue weighted by Gasteiger charge is -2.19. The van der Waals surface area contributed by atoms with Gasteiger partial charge in [-0.1, -0.05) is 23.9 Å². The molecule has 3 heterocycles. The first-order valence-electron chi connectivity index (χ1n) is 9.67. The zero-order valence-corrected chi connectivity index (χ0v) is 18.0. The number of aromatic nitrogens is 2. The van der Waals surface area contributed by atoms with E-state index in [1.165, 1.54) is 0 Å². The molecule has 5 rings (SSSR count). The van der Waals surface area contributed by atoms with Gasteiger partial charge in [0, 0.05) is 19.7 Å². The number of ketones is 1. The third-order valence-electron chi connectivity index (χ3n) is 5.21. The van der Waals surface area contributed by atoms with E-state index in [0.717, 1.165) is 23.1 Å². The van der Waals surface area contributed by atoms with Gasteiger partial charge < -0.3 is 23.7 Å². The van der Waals surface area contributed by atoms with Crippen molar-refractivity contribution >= 4 is 28.9 Å². The maximum atomic E-state index is 12.9. The average Bonchev–Trinajstić information content (AvgIpc) is 3.53. The maximum absolute atomic E-state index is 12.9. The smallest absolute Gasteiger partial charge is 0.277 e. The molecule has 9 nitrogen and oxygen atoms in total. The van der Waals surface area contributed by atoms with Crippen LogP contribution in [0.4, 0.5) is 11.4 Å². The predicted octanol–water partition coefficient (Wildman–Crippen LogP) is 3.45. The largest absolute Gasteiger partial charge is 0.454 e. The van der Waals surface area contributed by atoms with E-state index in [2.05, 4.69) is 16.3 Å². The fourth-order valence-corrected chi connectivity index (χ4v) is 4.31. The van der Waals surface area contributed by atoms with E-state index in [9.17, 15) is 10.1 Å². The molecule has 1 aromatic heterocycles. The van der Waals surface area contributed by atoms with Crippen LogP contribution in [0.3, 0.4) is 0 Å². The number of benzene rings is 2. The first-order chi connectivity index (χ1) is 15.6. The number of carbonyl (C=O) groups excluding carboxylic acids is 1. The van der Waals surface area contributed by atoms with Crippen LogP contribution in [0, 0.1) is 11.3 Å². The minimum absolute atomic E-state index is 0.00676. The number of hydrogen-bond acceptors (Lipinski definition) is 10. The summed E-state index contributed by atoms with van der Waals surface area (Å²) in [5.74, 6) is 1.80. The number of ether oxygens (including phenoxy) is 2. The summed E-state index contributed by atoms with van der Waals surface area (Å²) in [5.41, 5.74) is 2.63. The summed E-state index contributed by atoms with van der Waals surface area (Å²) in [6.45, 7) is 0.179. The maximum Gasteiger partial charge on any atom is 0.277 e. The van der Waals surface area contributed by atoms with Gasteiger partial charge in [-0.2, -0.15) is 5.26 Å². The second kappa shape index (κ2) is 7.94. The van der Waals surface area contributed by atoms with Gasteiger partial charge in [0.05, 0.1) is 17.1 Å². The van der Waals surface area contributed by atoms with Crippen LogP contribution in [0.1, 0.15) is 0 Å². The summed E-state index contributed by atoms with van der Waals surface area (Å²) >= 11 is 1.09. The molecule has 0 saturated carbocycles. The topological polar surface area (TPSA) is 105 Å². The van der Waals surface area contributed by atoms with E-state index in [-0.39, 0.29) is 29.1 Å². The Bertz CT molecular complexity index is 1260. The normalized spacial score (nSPS) is 13.8. The number of Topliss-reactive ketones (excluding diaryl/α,β-unsaturated/α-hetero) is 1. The van der Waals surface area contributed by atoms with Gasteiger partial charge in [0.1, 0.15) is 17.5 Å². The highest BCUT2D eigenvalue weighted by Gasteiger charge is 2.31.